The SMILES string of the molecule is CC1CC(C)CN(C(=O)c2ccc(N3CCCC3=O)cc2)C1. The van der Waals surface area contributed by atoms with Crippen LogP contribution < -0.4 is 4.90 Å². The molecular formula is C18H24N2O2. The number of hydrogen-bond acceptors (Lipinski definition) is 2. The van der Waals surface area contributed by atoms with Gasteiger partial charge < -0.3 is 9.80 Å². The summed E-state index contributed by atoms with van der Waals surface area (Å²) in [6.07, 6.45) is 2.74. The van der Waals surface area contributed by atoms with Crippen molar-refractivity contribution >= 4 is 17.5 Å². The first-order valence-electron chi connectivity index (χ1n) is 8.24. The smallest absolute Gasteiger partial charge is 0.253 e. The molecule has 1 aromatic rings. The first-order chi connectivity index (χ1) is 10.5. The van der Waals surface area contributed by atoms with Crippen molar-refractivity contribution in [2.75, 3.05) is 24.5 Å². The third kappa shape index (κ3) is 3.01. The minimum atomic E-state index is 0.109. The molecule has 0 N–H and O–H groups in total. The maximum absolute atomic E-state index is 12.6. The van der Waals surface area contributed by atoms with Gasteiger partial charge in [-0.3, -0.25) is 9.59 Å². The summed E-state index contributed by atoms with van der Waals surface area (Å²) in [7, 11) is 0. The Bertz CT molecular complexity index is 557. The van der Waals surface area contributed by atoms with E-state index in [0.29, 0.717) is 18.3 Å². The van der Waals surface area contributed by atoms with Crippen molar-refractivity contribution in [2.24, 2.45) is 11.8 Å². The number of piperidine rings is 1. The quantitative estimate of drug-likeness (QED) is 0.842. The lowest BCUT2D eigenvalue weighted by molar-refractivity contribution is -0.117. The maximum Gasteiger partial charge on any atom is 0.253 e. The van der Waals surface area contributed by atoms with Crippen LogP contribution >= 0.6 is 0 Å². The van der Waals surface area contributed by atoms with Crippen molar-refractivity contribution in [1.29, 1.82) is 0 Å². The molecule has 0 saturated carbocycles. The van der Waals surface area contributed by atoms with Crippen LogP contribution in [-0.2, 0) is 4.79 Å². The van der Waals surface area contributed by atoms with E-state index in [1.807, 2.05) is 29.2 Å². The molecule has 118 valence electrons. The molecule has 2 fully saturated rings. The normalized spacial score (nSPS) is 25.6. The molecule has 0 aliphatic carbocycles. The van der Waals surface area contributed by atoms with Crippen LogP contribution in [0.3, 0.4) is 0 Å². The van der Waals surface area contributed by atoms with E-state index in [1.54, 1.807) is 4.90 Å². The zero-order valence-electron chi connectivity index (χ0n) is 13.4. The van der Waals surface area contributed by atoms with Crippen molar-refractivity contribution in [2.45, 2.75) is 33.1 Å². The largest absolute Gasteiger partial charge is 0.338 e. The van der Waals surface area contributed by atoms with Crippen LogP contribution in [0.1, 0.15) is 43.5 Å². The first-order valence-corrected chi connectivity index (χ1v) is 8.24. The molecule has 2 unspecified atom stereocenters. The van der Waals surface area contributed by atoms with Gasteiger partial charge in [0.15, 0.2) is 0 Å². The van der Waals surface area contributed by atoms with Gasteiger partial charge in [0.25, 0.3) is 5.91 Å². The number of benzene rings is 1. The number of carbonyl (C=O) groups is 2. The molecule has 0 spiro atoms. The summed E-state index contributed by atoms with van der Waals surface area (Å²) in [5, 5.41) is 0. The van der Waals surface area contributed by atoms with Crippen molar-refractivity contribution in [3.63, 3.8) is 0 Å². The summed E-state index contributed by atoms with van der Waals surface area (Å²) in [5.41, 5.74) is 1.62. The second-order valence-electron chi connectivity index (χ2n) is 6.85. The van der Waals surface area contributed by atoms with E-state index in [1.165, 1.54) is 6.42 Å². The van der Waals surface area contributed by atoms with Crippen LogP contribution in [0.25, 0.3) is 0 Å². The second kappa shape index (κ2) is 6.11. The average molecular weight is 300 g/mol. The highest BCUT2D eigenvalue weighted by Gasteiger charge is 2.26. The topological polar surface area (TPSA) is 40.6 Å². The van der Waals surface area contributed by atoms with E-state index < -0.39 is 0 Å². The molecule has 0 radical (unpaired) electrons. The van der Waals surface area contributed by atoms with Gasteiger partial charge in [-0.05, 0) is 48.9 Å². The van der Waals surface area contributed by atoms with Gasteiger partial charge in [0, 0.05) is 37.3 Å². The van der Waals surface area contributed by atoms with E-state index in [2.05, 4.69) is 13.8 Å². The van der Waals surface area contributed by atoms with E-state index in [-0.39, 0.29) is 11.8 Å². The number of carbonyl (C=O) groups excluding carboxylic acids is 2. The summed E-state index contributed by atoms with van der Waals surface area (Å²) in [5.74, 6) is 1.42. The fourth-order valence-corrected chi connectivity index (χ4v) is 3.72. The van der Waals surface area contributed by atoms with Crippen molar-refractivity contribution < 1.29 is 9.59 Å². The van der Waals surface area contributed by atoms with E-state index >= 15 is 0 Å². The standard InChI is InChI=1S/C18H24N2O2/c1-13-10-14(2)12-19(11-13)18(22)15-5-7-16(8-6-15)20-9-3-4-17(20)21/h5-8,13-14H,3-4,9-12H2,1-2H3. The average Bonchev–Trinajstić information content (AvgIpc) is 2.92. The molecule has 3 rings (SSSR count). The Labute approximate surface area is 132 Å². The third-order valence-electron chi connectivity index (χ3n) is 4.66. The zero-order chi connectivity index (χ0) is 15.7. The van der Waals surface area contributed by atoms with Gasteiger partial charge >= 0.3 is 0 Å². The molecule has 2 aliphatic heterocycles. The van der Waals surface area contributed by atoms with E-state index in [0.717, 1.165) is 37.3 Å². The minimum Gasteiger partial charge on any atom is -0.338 e. The fourth-order valence-electron chi connectivity index (χ4n) is 3.72. The van der Waals surface area contributed by atoms with E-state index in [4.69, 9.17) is 0 Å². The number of nitrogens with zero attached hydrogens (tertiary/aromatic N) is 2. The second-order valence-corrected chi connectivity index (χ2v) is 6.85. The highest BCUT2D eigenvalue weighted by Crippen LogP contribution is 2.25. The Kier molecular flexibility index (Phi) is 4.19. The monoisotopic (exact) mass is 300 g/mol. The number of rotatable bonds is 2. The molecular weight excluding hydrogens is 276 g/mol. The van der Waals surface area contributed by atoms with Crippen LogP contribution in [0.5, 0.6) is 0 Å². The molecule has 2 atom stereocenters. The Morgan fingerprint density at radius 2 is 1.73 bits per heavy atom. The predicted molar refractivity (Wildman–Crippen MR) is 86.9 cm³/mol. The van der Waals surface area contributed by atoms with Gasteiger partial charge in [-0.15, -0.1) is 0 Å². The summed E-state index contributed by atoms with van der Waals surface area (Å²) < 4.78 is 0. The number of likely N-dealkylation sites (tertiary alicyclic amines) is 1. The number of anilines is 1. The Hall–Kier alpha value is -1.84. The number of hydrogen-bond donors (Lipinski definition) is 0. The third-order valence-corrected chi connectivity index (χ3v) is 4.66. The molecule has 2 heterocycles. The highest BCUT2D eigenvalue weighted by molar-refractivity contribution is 5.97. The van der Waals surface area contributed by atoms with Crippen LogP contribution in [0.4, 0.5) is 5.69 Å². The summed E-state index contributed by atoms with van der Waals surface area (Å²) in [6, 6.07) is 7.50. The van der Waals surface area contributed by atoms with Crippen molar-refractivity contribution in [1.82, 2.24) is 4.90 Å². The van der Waals surface area contributed by atoms with Gasteiger partial charge in [-0.2, -0.15) is 0 Å². The maximum atomic E-state index is 12.6. The molecule has 2 aliphatic rings. The lowest BCUT2D eigenvalue weighted by atomic mass is 9.91. The first kappa shape index (κ1) is 15.1. The molecule has 22 heavy (non-hydrogen) atoms. The Morgan fingerprint density at radius 3 is 2.27 bits per heavy atom. The van der Waals surface area contributed by atoms with Gasteiger partial charge in [0.2, 0.25) is 5.91 Å². The van der Waals surface area contributed by atoms with Crippen LogP contribution in [0.15, 0.2) is 24.3 Å². The molecule has 0 aromatic heterocycles. The Balaban J connectivity index is 1.72. The molecule has 4 nitrogen and oxygen atoms in total. The van der Waals surface area contributed by atoms with Gasteiger partial charge in [0.05, 0.1) is 0 Å². The summed E-state index contributed by atoms with van der Waals surface area (Å²) in [6.45, 7) is 6.88. The van der Waals surface area contributed by atoms with Crippen LogP contribution in [0, 0.1) is 11.8 Å². The van der Waals surface area contributed by atoms with Gasteiger partial charge in [-0.25, -0.2) is 0 Å². The summed E-state index contributed by atoms with van der Waals surface area (Å²) >= 11 is 0. The molecule has 0 bridgehead atoms. The Morgan fingerprint density at radius 1 is 1.09 bits per heavy atom. The van der Waals surface area contributed by atoms with E-state index in [9.17, 15) is 9.59 Å². The van der Waals surface area contributed by atoms with Crippen molar-refractivity contribution in [3.05, 3.63) is 29.8 Å². The number of amides is 2. The lowest BCUT2D eigenvalue weighted by Gasteiger charge is -2.35. The van der Waals surface area contributed by atoms with Crippen LogP contribution in [-0.4, -0.2) is 36.3 Å². The van der Waals surface area contributed by atoms with Gasteiger partial charge in [-0.1, -0.05) is 13.8 Å². The van der Waals surface area contributed by atoms with Gasteiger partial charge in [0.1, 0.15) is 0 Å². The summed E-state index contributed by atoms with van der Waals surface area (Å²) in [4.78, 5) is 28.2. The van der Waals surface area contributed by atoms with Crippen LogP contribution in [0.2, 0.25) is 0 Å². The minimum absolute atomic E-state index is 0.109. The molecule has 4 heteroatoms. The van der Waals surface area contributed by atoms with Crippen molar-refractivity contribution in [3.8, 4) is 0 Å². The molecule has 2 saturated heterocycles. The fraction of sp³-hybridized carbons (Fsp3) is 0.556. The molecule has 2 amide bonds. The molecule has 1 aromatic carbocycles. The lowest BCUT2D eigenvalue weighted by Crippen LogP contribution is -2.42. The predicted octanol–water partition coefficient (Wildman–Crippen LogP) is 2.93. The zero-order valence-corrected chi connectivity index (χ0v) is 13.4. The highest BCUT2D eigenvalue weighted by atomic mass is 16.2.